The lowest BCUT2D eigenvalue weighted by Gasteiger charge is -2.06. The van der Waals surface area contributed by atoms with E-state index in [-0.39, 0.29) is 5.75 Å². The minimum atomic E-state index is 0.164. The molecule has 0 saturated carbocycles. The van der Waals surface area contributed by atoms with Gasteiger partial charge in [0.1, 0.15) is 5.75 Å². The van der Waals surface area contributed by atoms with E-state index in [1.54, 1.807) is 36.5 Å². The van der Waals surface area contributed by atoms with E-state index < -0.39 is 0 Å². The van der Waals surface area contributed by atoms with Gasteiger partial charge in [-0.3, -0.25) is 0 Å². The van der Waals surface area contributed by atoms with Gasteiger partial charge in [0.25, 0.3) is 5.95 Å². The molecular formula is C15H14N4O3. The minimum absolute atomic E-state index is 0.164. The fourth-order valence-electron chi connectivity index (χ4n) is 1.97. The van der Waals surface area contributed by atoms with Crippen LogP contribution in [0.4, 0.5) is 0 Å². The highest BCUT2D eigenvalue weighted by atomic mass is 16.5. The van der Waals surface area contributed by atoms with Gasteiger partial charge < -0.3 is 14.6 Å². The van der Waals surface area contributed by atoms with Gasteiger partial charge in [0.15, 0.2) is 0 Å². The molecular weight excluding hydrogens is 284 g/mol. The van der Waals surface area contributed by atoms with E-state index in [0.29, 0.717) is 29.0 Å². The number of benzene rings is 1. The molecule has 0 aliphatic rings. The Morgan fingerprint density at radius 3 is 2.32 bits per heavy atom. The van der Waals surface area contributed by atoms with Crippen LogP contribution in [0, 0.1) is 0 Å². The van der Waals surface area contributed by atoms with Crippen LogP contribution in [-0.2, 0) is 0 Å². The highest BCUT2D eigenvalue weighted by molar-refractivity contribution is 5.66. The first-order valence-corrected chi connectivity index (χ1v) is 6.52. The molecule has 2 heterocycles. The van der Waals surface area contributed by atoms with Crippen LogP contribution in [0.25, 0.3) is 17.2 Å². The first-order chi connectivity index (χ1) is 10.7. The van der Waals surface area contributed by atoms with Crippen molar-refractivity contribution in [1.82, 2.24) is 19.7 Å². The minimum Gasteiger partial charge on any atom is -0.507 e. The van der Waals surface area contributed by atoms with Gasteiger partial charge in [-0.2, -0.15) is 15.1 Å². The van der Waals surface area contributed by atoms with Gasteiger partial charge in [-0.25, -0.2) is 4.68 Å². The van der Waals surface area contributed by atoms with E-state index in [1.165, 1.54) is 18.9 Å². The highest BCUT2D eigenvalue weighted by Gasteiger charge is 2.11. The molecule has 0 atom stereocenters. The molecule has 112 valence electrons. The fourth-order valence-corrected chi connectivity index (χ4v) is 1.97. The SMILES string of the molecule is COc1cc(OC)nc(-n2ccc(-c3ccccc3O)n2)n1. The fraction of sp³-hybridized carbons (Fsp3) is 0.133. The zero-order chi connectivity index (χ0) is 15.5. The maximum atomic E-state index is 9.89. The van der Waals surface area contributed by atoms with Gasteiger partial charge in [0.05, 0.1) is 26.0 Å². The number of ether oxygens (including phenoxy) is 2. The average molecular weight is 298 g/mol. The van der Waals surface area contributed by atoms with Crippen LogP contribution in [0.3, 0.4) is 0 Å². The van der Waals surface area contributed by atoms with Crippen LogP contribution in [0.1, 0.15) is 0 Å². The summed E-state index contributed by atoms with van der Waals surface area (Å²) in [6.45, 7) is 0. The van der Waals surface area contributed by atoms with Gasteiger partial charge in [-0.05, 0) is 18.2 Å². The third-order valence-electron chi connectivity index (χ3n) is 3.06. The molecule has 2 aromatic heterocycles. The summed E-state index contributed by atoms with van der Waals surface area (Å²) in [6, 6.07) is 10.3. The molecule has 0 saturated heterocycles. The van der Waals surface area contributed by atoms with Crippen LogP contribution < -0.4 is 9.47 Å². The first-order valence-electron chi connectivity index (χ1n) is 6.52. The summed E-state index contributed by atoms with van der Waals surface area (Å²) in [6.07, 6.45) is 1.70. The Bertz CT molecular complexity index is 779. The van der Waals surface area contributed by atoms with Gasteiger partial charge in [0.2, 0.25) is 11.8 Å². The van der Waals surface area contributed by atoms with E-state index in [0.717, 1.165) is 0 Å². The van der Waals surface area contributed by atoms with Crippen LogP contribution in [0.15, 0.2) is 42.6 Å². The second-order valence-electron chi connectivity index (χ2n) is 4.42. The van der Waals surface area contributed by atoms with Crippen molar-refractivity contribution in [3.63, 3.8) is 0 Å². The Hall–Kier alpha value is -3.09. The molecule has 0 aliphatic heterocycles. The molecule has 0 fully saturated rings. The van der Waals surface area contributed by atoms with Crippen molar-refractivity contribution in [2.45, 2.75) is 0 Å². The molecule has 0 bridgehead atoms. The van der Waals surface area contributed by atoms with Crippen molar-refractivity contribution in [2.75, 3.05) is 14.2 Å². The van der Waals surface area contributed by atoms with Crippen LogP contribution in [-0.4, -0.2) is 39.1 Å². The lowest BCUT2D eigenvalue weighted by molar-refractivity contribution is 0.370. The van der Waals surface area contributed by atoms with Gasteiger partial charge in [-0.15, -0.1) is 0 Å². The molecule has 0 radical (unpaired) electrons. The van der Waals surface area contributed by atoms with Crippen LogP contribution in [0.5, 0.6) is 17.5 Å². The second kappa shape index (κ2) is 5.72. The Kier molecular flexibility index (Phi) is 3.61. The van der Waals surface area contributed by atoms with Crippen molar-refractivity contribution in [1.29, 1.82) is 0 Å². The number of phenols is 1. The summed E-state index contributed by atoms with van der Waals surface area (Å²) in [5.74, 6) is 1.23. The number of para-hydroxylation sites is 1. The predicted molar refractivity (Wildman–Crippen MR) is 79.4 cm³/mol. The maximum Gasteiger partial charge on any atom is 0.257 e. The molecule has 3 rings (SSSR count). The second-order valence-corrected chi connectivity index (χ2v) is 4.42. The third kappa shape index (κ3) is 2.56. The van der Waals surface area contributed by atoms with E-state index in [9.17, 15) is 5.11 Å². The lowest BCUT2D eigenvalue weighted by Crippen LogP contribution is -2.04. The number of aromatic hydroxyl groups is 1. The van der Waals surface area contributed by atoms with Crippen molar-refractivity contribution in [2.24, 2.45) is 0 Å². The lowest BCUT2D eigenvalue weighted by atomic mass is 10.1. The smallest absolute Gasteiger partial charge is 0.257 e. The molecule has 3 aromatic rings. The zero-order valence-electron chi connectivity index (χ0n) is 12.1. The van der Waals surface area contributed by atoms with Gasteiger partial charge in [-0.1, -0.05) is 12.1 Å². The topological polar surface area (TPSA) is 82.3 Å². The Morgan fingerprint density at radius 1 is 1.00 bits per heavy atom. The summed E-state index contributed by atoms with van der Waals surface area (Å²) in [7, 11) is 3.03. The maximum absolute atomic E-state index is 9.89. The monoisotopic (exact) mass is 298 g/mol. The number of aromatic nitrogens is 4. The summed E-state index contributed by atoms with van der Waals surface area (Å²) >= 11 is 0. The summed E-state index contributed by atoms with van der Waals surface area (Å²) in [4.78, 5) is 8.45. The van der Waals surface area contributed by atoms with Gasteiger partial charge >= 0.3 is 0 Å². The highest BCUT2D eigenvalue weighted by Crippen LogP contribution is 2.27. The Morgan fingerprint density at radius 2 is 1.68 bits per heavy atom. The number of hydrogen-bond donors (Lipinski definition) is 1. The number of rotatable bonds is 4. The average Bonchev–Trinajstić information content (AvgIpc) is 3.04. The van der Waals surface area contributed by atoms with Crippen molar-refractivity contribution in [3.8, 4) is 34.7 Å². The Balaban J connectivity index is 2.02. The van der Waals surface area contributed by atoms with Crippen molar-refractivity contribution >= 4 is 0 Å². The number of hydrogen-bond acceptors (Lipinski definition) is 6. The summed E-state index contributed by atoms with van der Waals surface area (Å²) in [5.41, 5.74) is 1.25. The molecule has 22 heavy (non-hydrogen) atoms. The van der Waals surface area contributed by atoms with E-state index in [4.69, 9.17) is 9.47 Å². The number of phenolic OH excluding ortho intramolecular Hbond substituents is 1. The Labute approximate surface area is 126 Å². The van der Waals surface area contributed by atoms with E-state index in [1.807, 2.05) is 6.07 Å². The van der Waals surface area contributed by atoms with E-state index >= 15 is 0 Å². The molecule has 1 N–H and O–H groups in total. The summed E-state index contributed by atoms with van der Waals surface area (Å²) < 4.78 is 11.7. The van der Waals surface area contributed by atoms with Gasteiger partial charge in [0, 0.05) is 11.8 Å². The molecule has 1 aromatic carbocycles. The van der Waals surface area contributed by atoms with Crippen LogP contribution in [0.2, 0.25) is 0 Å². The normalized spacial score (nSPS) is 10.5. The van der Waals surface area contributed by atoms with Crippen molar-refractivity contribution in [3.05, 3.63) is 42.6 Å². The molecule has 0 aliphatic carbocycles. The molecule has 0 amide bonds. The predicted octanol–water partition coefficient (Wildman–Crippen LogP) is 2.05. The van der Waals surface area contributed by atoms with Crippen LogP contribution >= 0.6 is 0 Å². The molecule has 0 spiro atoms. The zero-order valence-corrected chi connectivity index (χ0v) is 12.1. The first kappa shape index (κ1) is 13.9. The quantitative estimate of drug-likeness (QED) is 0.794. The van der Waals surface area contributed by atoms with Crippen molar-refractivity contribution < 1.29 is 14.6 Å². The largest absolute Gasteiger partial charge is 0.507 e. The number of nitrogens with zero attached hydrogens (tertiary/aromatic N) is 4. The number of methoxy groups -OCH3 is 2. The molecule has 7 heteroatoms. The molecule has 7 nitrogen and oxygen atoms in total. The molecule has 0 unspecified atom stereocenters. The standard InChI is InChI=1S/C15H14N4O3/c1-21-13-9-14(22-2)17-15(16-13)19-8-7-11(18-19)10-5-3-4-6-12(10)20/h3-9,20H,1-2H3. The summed E-state index contributed by atoms with van der Waals surface area (Å²) in [5, 5.41) is 14.3. The third-order valence-corrected chi connectivity index (χ3v) is 3.06. The van der Waals surface area contributed by atoms with E-state index in [2.05, 4.69) is 15.1 Å².